The van der Waals surface area contributed by atoms with Crippen molar-refractivity contribution in [2.24, 2.45) is 0 Å². The van der Waals surface area contributed by atoms with Gasteiger partial charge in [0.15, 0.2) is 30.9 Å². The smallest absolute Gasteiger partial charge is 0.303 e. The zero-order valence-electron chi connectivity index (χ0n) is 49.0. The minimum atomic E-state index is -1.32. The Hall–Kier alpha value is -7.42. The number of esters is 2. The maximum atomic E-state index is 13.4. The van der Waals surface area contributed by atoms with Crippen LogP contribution in [0.15, 0.2) is 225 Å². The summed E-state index contributed by atoms with van der Waals surface area (Å²) in [6.45, 7) is 3.65. The summed E-state index contributed by atoms with van der Waals surface area (Å²) in [4.78, 5) is 26.8. The topological polar surface area (TPSA) is 163 Å². The van der Waals surface area contributed by atoms with Gasteiger partial charge in [-0.15, -0.1) is 0 Å². The van der Waals surface area contributed by atoms with Gasteiger partial charge in [0, 0.05) is 13.8 Å². The van der Waals surface area contributed by atoms with Crippen molar-refractivity contribution >= 4 is 11.9 Å². The second kappa shape index (κ2) is 33.1. The molecule has 0 unspecified atom stereocenters. The molecule has 0 N–H and O–H groups in total. The van der Waals surface area contributed by atoms with Crippen LogP contribution in [0.4, 0.5) is 0 Å². The molecule has 0 radical (unpaired) electrons. The Morgan fingerprint density at radius 2 is 0.621 bits per heavy atom. The van der Waals surface area contributed by atoms with Crippen LogP contribution in [0.25, 0.3) is 0 Å². The standard InChI is InChI=1S/C71H76O16/c1-50(72)84-68-66(80-45-57-34-20-8-21-35-57)64(78-43-55-30-16-6-17-31-55)61(47-74-40-52-24-10-3-11-25-52)86-71(68)83-49-62-65(79-44-56-32-18-7-19-33-56)67(81-46-58-36-22-9-23-37-58)69(85-51(2)73)70(87-62)82-48-60-63(77-42-54-28-14-5-15-29-54)59(38-39-75-60)76-41-53-26-12-4-13-27-53/h3-39,59-71H,40-49H2,1-2H3/t59-,60-,61-,62-,63+,64-,65-,66+,67+,68-,69-,70+,71-/m1/s1. The predicted octanol–water partition coefficient (Wildman–Crippen LogP) is 11.0. The van der Waals surface area contributed by atoms with Crippen LogP contribution in [0.5, 0.6) is 0 Å². The molecule has 0 aromatic heterocycles. The molecule has 0 amide bonds. The molecule has 7 aromatic carbocycles. The van der Waals surface area contributed by atoms with Crippen LogP contribution in [-0.4, -0.2) is 111 Å². The van der Waals surface area contributed by atoms with E-state index in [0.29, 0.717) is 6.61 Å². The van der Waals surface area contributed by atoms with E-state index in [1.807, 2.05) is 218 Å². The van der Waals surface area contributed by atoms with Crippen LogP contribution < -0.4 is 0 Å². The predicted molar refractivity (Wildman–Crippen MR) is 321 cm³/mol. The second-order valence-corrected chi connectivity index (χ2v) is 21.5. The monoisotopic (exact) mass is 1180 g/mol. The molecule has 3 aliphatic heterocycles. The Morgan fingerprint density at radius 3 is 0.977 bits per heavy atom. The first kappa shape index (κ1) is 62.6. The van der Waals surface area contributed by atoms with Crippen LogP contribution in [0.3, 0.4) is 0 Å². The van der Waals surface area contributed by atoms with E-state index in [1.54, 1.807) is 6.26 Å². The van der Waals surface area contributed by atoms with Crippen molar-refractivity contribution in [3.05, 3.63) is 264 Å². The quantitative estimate of drug-likeness (QED) is 0.0390. The van der Waals surface area contributed by atoms with Gasteiger partial charge in [-0.1, -0.05) is 212 Å². The normalized spacial score (nSPS) is 25.2. The lowest BCUT2D eigenvalue weighted by atomic mass is 9.96. The van der Waals surface area contributed by atoms with Gasteiger partial charge in [-0.2, -0.15) is 0 Å². The molecule has 456 valence electrons. The van der Waals surface area contributed by atoms with Gasteiger partial charge < -0.3 is 66.3 Å². The fraction of sp³-hybridized carbons (Fsp3) is 0.352. The van der Waals surface area contributed by atoms with Crippen molar-refractivity contribution in [3.8, 4) is 0 Å². The molecule has 16 nitrogen and oxygen atoms in total. The maximum absolute atomic E-state index is 13.4. The first-order valence-corrected chi connectivity index (χ1v) is 29.5. The molecule has 3 aliphatic rings. The van der Waals surface area contributed by atoms with Gasteiger partial charge >= 0.3 is 11.9 Å². The maximum Gasteiger partial charge on any atom is 0.303 e. The highest BCUT2D eigenvalue weighted by Gasteiger charge is 2.54. The molecular weight excluding hydrogens is 1110 g/mol. The number of hydrogen-bond donors (Lipinski definition) is 0. The largest absolute Gasteiger partial charge is 0.493 e. The molecule has 7 aromatic rings. The van der Waals surface area contributed by atoms with Crippen molar-refractivity contribution < 1.29 is 75.9 Å². The van der Waals surface area contributed by atoms with Crippen molar-refractivity contribution in [3.63, 3.8) is 0 Å². The van der Waals surface area contributed by atoms with Crippen LogP contribution >= 0.6 is 0 Å². The molecule has 0 bridgehead atoms. The van der Waals surface area contributed by atoms with E-state index in [9.17, 15) is 9.59 Å². The Labute approximate surface area is 509 Å². The van der Waals surface area contributed by atoms with E-state index >= 15 is 0 Å². The van der Waals surface area contributed by atoms with Crippen LogP contribution in [0.1, 0.15) is 52.8 Å². The number of carbonyl (C=O) groups is 2. The Balaban J connectivity index is 0.979. The highest BCUT2D eigenvalue weighted by Crippen LogP contribution is 2.36. The first-order valence-electron chi connectivity index (χ1n) is 29.5. The fourth-order valence-corrected chi connectivity index (χ4v) is 10.7. The number of ether oxygens (including phenoxy) is 14. The minimum absolute atomic E-state index is 0.0386. The molecule has 3 heterocycles. The van der Waals surface area contributed by atoms with Crippen LogP contribution in [0.2, 0.25) is 0 Å². The van der Waals surface area contributed by atoms with Crippen molar-refractivity contribution in [1.82, 2.24) is 0 Å². The number of benzene rings is 7. The SMILES string of the molecule is CC(=O)O[C@H]1[C@H](OC[C@H]2O[C@H](OC[C@H]3OC=C[C@@H](OCc4ccccc4)[C@@H]3OCc3ccccc3)[C@H](OC(C)=O)[C@@H](OCc3ccccc3)[C@@H]2OCc2ccccc2)O[C@H](COCc2ccccc2)[C@@H](OCc2ccccc2)[C@@H]1OCc1ccccc1. The van der Waals surface area contributed by atoms with Gasteiger partial charge in [0.25, 0.3) is 0 Å². The zero-order valence-corrected chi connectivity index (χ0v) is 49.0. The number of rotatable bonds is 30. The molecule has 87 heavy (non-hydrogen) atoms. The van der Waals surface area contributed by atoms with Crippen molar-refractivity contribution in [2.45, 2.75) is 140 Å². The lowest BCUT2D eigenvalue weighted by molar-refractivity contribution is -0.348. The summed E-state index contributed by atoms with van der Waals surface area (Å²) in [7, 11) is 0. The first-order chi connectivity index (χ1) is 42.8. The third kappa shape index (κ3) is 18.8. The Morgan fingerprint density at radius 1 is 0.322 bits per heavy atom. The zero-order chi connectivity index (χ0) is 59.8. The van der Waals surface area contributed by atoms with Gasteiger partial charge in [0.1, 0.15) is 48.8 Å². The third-order valence-electron chi connectivity index (χ3n) is 15.0. The van der Waals surface area contributed by atoms with Gasteiger partial charge in [-0.3, -0.25) is 9.59 Å². The van der Waals surface area contributed by atoms with Crippen molar-refractivity contribution in [1.29, 1.82) is 0 Å². The molecule has 13 atom stereocenters. The molecule has 0 spiro atoms. The molecule has 2 saturated heterocycles. The average Bonchev–Trinajstić information content (AvgIpc) is 3.33. The number of carbonyl (C=O) groups excluding carboxylic acids is 2. The second-order valence-electron chi connectivity index (χ2n) is 21.5. The number of hydrogen-bond acceptors (Lipinski definition) is 16. The lowest BCUT2D eigenvalue weighted by Crippen LogP contribution is -2.64. The lowest BCUT2D eigenvalue weighted by Gasteiger charge is -2.47. The summed E-state index contributed by atoms with van der Waals surface area (Å²) < 4.78 is 93.7. The van der Waals surface area contributed by atoms with Gasteiger partial charge in [-0.25, -0.2) is 0 Å². The molecule has 16 heteroatoms. The summed E-state index contributed by atoms with van der Waals surface area (Å²) in [5.74, 6) is -1.21. The molecule has 2 fully saturated rings. The van der Waals surface area contributed by atoms with E-state index in [2.05, 4.69) is 0 Å². The Kier molecular flexibility index (Phi) is 23.8. The van der Waals surface area contributed by atoms with Crippen LogP contribution in [-0.2, 0) is 122 Å². The van der Waals surface area contributed by atoms with Gasteiger partial charge in [0.05, 0.1) is 72.3 Å². The summed E-state index contributed by atoms with van der Waals surface area (Å²) in [5, 5.41) is 0. The highest BCUT2D eigenvalue weighted by molar-refractivity contribution is 5.66. The van der Waals surface area contributed by atoms with Crippen molar-refractivity contribution in [2.75, 3.05) is 19.8 Å². The molecule has 0 aliphatic carbocycles. The van der Waals surface area contributed by atoms with Gasteiger partial charge in [-0.05, 0) is 45.0 Å². The van der Waals surface area contributed by atoms with E-state index in [0.717, 1.165) is 38.9 Å². The third-order valence-corrected chi connectivity index (χ3v) is 15.0. The molecule has 0 saturated carbocycles. The highest BCUT2D eigenvalue weighted by atomic mass is 16.8. The van der Waals surface area contributed by atoms with E-state index in [4.69, 9.17) is 66.3 Å². The van der Waals surface area contributed by atoms with Gasteiger partial charge in [0.2, 0.25) is 0 Å². The van der Waals surface area contributed by atoms with Crippen LogP contribution in [0, 0.1) is 0 Å². The Bertz CT molecular complexity index is 3110. The van der Waals surface area contributed by atoms with E-state index < -0.39 is 91.7 Å². The fourth-order valence-electron chi connectivity index (χ4n) is 10.7. The summed E-state index contributed by atoms with van der Waals surface area (Å²) in [6, 6.07) is 68.3. The molecular formula is C71H76O16. The minimum Gasteiger partial charge on any atom is -0.493 e. The van der Waals surface area contributed by atoms with E-state index in [1.165, 1.54) is 13.8 Å². The van der Waals surface area contributed by atoms with E-state index in [-0.39, 0.29) is 59.5 Å². The summed E-state index contributed by atoms with van der Waals surface area (Å²) in [6.07, 6.45) is -9.33. The summed E-state index contributed by atoms with van der Waals surface area (Å²) in [5.41, 5.74) is 6.40. The summed E-state index contributed by atoms with van der Waals surface area (Å²) >= 11 is 0. The average molecular weight is 1190 g/mol. The molecule has 10 rings (SSSR count).